The minimum atomic E-state index is 0.0697. The molecule has 2 nitrogen and oxygen atoms in total. The van der Waals surface area contributed by atoms with Crippen molar-refractivity contribution in [3.8, 4) is 0 Å². The molecule has 1 aromatic carbocycles. The normalized spacial score (nSPS) is 23.7. The molecule has 1 aromatic rings. The van der Waals surface area contributed by atoms with Crippen LogP contribution in [0.5, 0.6) is 0 Å². The van der Waals surface area contributed by atoms with Crippen molar-refractivity contribution in [3.05, 3.63) is 33.4 Å². The summed E-state index contributed by atoms with van der Waals surface area (Å²) < 4.78 is 1.10. The molecule has 98 valence electrons. The van der Waals surface area contributed by atoms with E-state index in [1.165, 1.54) is 12.8 Å². The zero-order valence-corrected chi connectivity index (χ0v) is 13.5. The predicted molar refractivity (Wildman–Crippen MR) is 86.2 cm³/mol. The minimum absolute atomic E-state index is 0.0697. The van der Waals surface area contributed by atoms with Crippen molar-refractivity contribution >= 4 is 40.3 Å². The first-order valence-electron chi connectivity index (χ1n) is 6.28. The molecule has 4 heteroatoms. The summed E-state index contributed by atoms with van der Waals surface area (Å²) in [6, 6.07) is 8.10. The molecule has 0 radical (unpaired) electrons. The van der Waals surface area contributed by atoms with E-state index in [4.69, 9.17) is 0 Å². The molecule has 0 saturated heterocycles. The first kappa shape index (κ1) is 14.2. The van der Waals surface area contributed by atoms with Crippen LogP contribution in [0.3, 0.4) is 0 Å². The zero-order valence-electron chi connectivity index (χ0n) is 10.5. The number of rotatable bonds is 3. The van der Waals surface area contributed by atoms with Gasteiger partial charge in [-0.15, -0.1) is 0 Å². The molecule has 1 saturated carbocycles. The SMILES string of the molecule is CSC1CCCC(NC(=O)c2cccc(I)c2)C1. The van der Waals surface area contributed by atoms with Gasteiger partial charge in [-0.05, 0) is 66.3 Å². The Morgan fingerprint density at radius 2 is 2.28 bits per heavy atom. The number of carbonyl (C=O) groups is 1. The monoisotopic (exact) mass is 375 g/mol. The Balaban J connectivity index is 1.95. The highest BCUT2D eigenvalue weighted by Crippen LogP contribution is 2.27. The fourth-order valence-electron chi connectivity index (χ4n) is 2.39. The molecule has 18 heavy (non-hydrogen) atoms. The van der Waals surface area contributed by atoms with Crippen LogP contribution in [-0.4, -0.2) is 23.5 Å². The van der Waals surface area contributed by atoms with E-state index in [1.54, 1.807) is 0 Å². The summed E-state index contributed by atoms with van der Waals surface area (Å²) in [6.45, 7) is 0. The standard InChI is InChI=1S/C14H18INOS/c1-18-13-7-3-6-12(9-13)16-14(17)10-4-2-5-11(15)8-10/h2,4-5,8,12-13H,3,6-7,9H2,1H3,(H,16,17). The molecule has 1 fully saturated rings. The van der Waals surface area contributed by atoms with Gasteiger partial charge in [0.2, 0.25) is 0 Å². The summed E-state index contributed by atoms with van der Waals surface area (Å²) in [7, 11) is 0. The van der Waals surface area contributed by atoms with Crippen molar-refractivity contribution in [2.24, 2.45) is 0 Å². The molecule has 2 unspecified atom stereocenters. The van der Waals surface area contributed by atoms with E-state index in [9.17, 15) is 4.79 Å². The maximum absolute atomic E-state index is 12.1. The maximum atomic E-state index is 12.1. The Morgan fingerprint density at radius 1 is 1.44 bits per heavy atom. The molecular formula is C14H18INOS. The van der Waals surface area contributed by atoms with Crippen LogP contribution in [0.4, 0.5) is 0 Å². The molecule has 0 spiro atoms. The lowest BCUT2D eigenvalue weighted by Crippen LogP contribution is -2.39. The lowest BCUT2D eigenvalue weighted by atomic mass is 9.94. The Morgan fingerprint density at radius 3 is 3.00 bits per heavy atom. The highest BCUT2D eigenvalue weighted by molar-refractivity contribution is 14.1. The van der Waals surface area contributed by atoms with Gasteiger partial charge in [-0.25, -0.2) is 0 Å². The second-order valence-electron chi connectivity index (χ2n) is 4.71. The lowest BCUT2D eigenvalue weighted by Gasteiger charge is -2.28. The second kappa shape index (κ2) is 6.80. The van der Waals surface area contributed by atoms with Crippen LogP contribution in [0.15, 0.2) is 24.3 Å². The number of thioether (sulfide) groups is 1. The number of carbonyl (C=O) groups excluding carboxylic acids is 1. The fourth-order valence-corrected chi connectivity index (χ4v) is 3.76. The largest absolute Gasteiger partial charge is 0.349 e. The summed E-state index contributed by atoms with van der Waals surface area (Å²) in [4.78, 5) is 12.1. The summed E-state index contributed by atoms with van der Waals surface area (Å²) in [5.41, 5.74) is 0.771. The molecule has 0 heterocycles. The van der Waals surface area contributed by atoms with Crippen LogP contribution < -0.4 is 5.32 Å². The van der Waals surface area contributed by atoms with E-state index in [0.29, 0.717) is 11.3 Å². The van der Waals surface area contributed by atoms with E-state index in [2.05, 4.69) is 34.2 Å². The van der Waals surface area contributed by atoms with E-state index in [-0.39, 0.29) is 5.91 Å². The number of nitrogens with one attached hydrogen (secondary N) is 1. The fraction of sp³-hybridized carbons (Fsp3) is 0.500. The smallest absolute Gasteiger partial charge is 0.251 e. The van der Waals surface area contributed by atoms with Crippen molar-refractivity contribution in [1.29, 1.82) is 0 Å². The summed E-state index contributed by atoms with van der Waals surface area (Å²) in [5.74, 6) is 0.0697. The average molecular weight is 375 g/mol. The van der Waals surface area contributed by atoms with E-state index in [0.717, 1.165) is 22.0 Å². The van der Waals surface area contributed by atoms with Crippen LogP contribution in [0, 0.1) is 3.57 Å². The molecule has 1 N–H and O–H groups in total. The predicted octanol–water partition coefficient (Wildman–Crippen LogP) is 3.70. The zero-order chi connectivity index (χ0) is 13.0. The van der Waals surface area contributed by atoms with E-state index < -0.39 is 0 Å². The van der Waals surface area contributed by atoms with Gasteiger partial charge in [0.1, 0.15) is 0 Å². The van der Waals surface area contributed by atoms with Gasteiger partial charge in [0.05, 0.1) is 0 Å². The van der Waals surface area contributed by atoms with Crippen LogP contribution in [0.25, 0.3) is 0 Å². The van der Waals surface area contributed by atoms with Gasteiger partial charge in [-0.2, -0.15) is 11.8 Å². The quantitative estimate of drug-likeness (QED) is 0.817. The van der Waals surface area contributed by atoms with Crippen LogP contribution >= 0.6 is 34.4 Å². The highest BCUT2D eigenvalue weighted by atomic mass is 127. The van der Waals surface area contributed by atoms with Crippen LogP contribution in [0.2, 0.25) is 0 Å². The third kappa shape index (κ3) is 3.88. The van der Waals surface area contributed by atoms with Gasteiger partial charge >= 0.3 is 0 Å². The molecule has 0 aromatic heterocycles. The first-order chi connectivity index (χ1) is 8.69. The Labute approximate surface area is 126 Å². The Kier molecular flexibility index (Phi) is 5.36. The molecule has 0 bridgehead atoms. The van der Waals surface area contributed by atoms with Crippen molar-refractivity contribution in [1.82, 2.24) is 5.32 Å². The number of amides is 1. The Bertz CT molecular complexity index is 424. The molecular weight excluding hydrogens is 357 g/mol. The van der Waals surface area contributed by atoms with Gasteiger partial charge in [-0.3, -0.25) is 4.79 Å². The number of benzene rings is 1. The maximum Gasteiger partial charge on any atom is 0.251 e. The third-order valence-electron chi connectivity index (χ3n) is 3.38. The molecule has 1 amide bonds. The Hall–Kier alpha value is -0.230. The van der Waals surface area contributed by atoms with Gasteiger partial charge in [0, 0.05) is 20.4 Å². The topological polar surface area (TPSA) is 29.1 Å². The lowest BCUT2D eigenvalue weighted by molar-refractivity contribution is 0.0928. The van der Waals surface area contributed by atoms with Crippen LogP contribution in [-0.2, 0) is 0 Å². The molecule has 2 rings (SSSR count). The van der Waals surface area contributed by atoms with Crippen LogP contribution in [0.1, 0.15) is 36.0 Å². The highest BCUT2D eigenvalue weighted by Gasteiger charge is 2.22. The third-order valence-corrected chi connectivity index (χ3v) is 5.15. The van der Waals surface area contributed by atoms with Crippen molar-refractivity contribution < 1.29 is 4.79 Å². The minimum Gasteiger partial charge on any atom is -0.349 e. The summed E-state index contributed by atoms with van der Waals surface area (Å²) in [5, 5.41) is 3.88. The van der Waals surface area contributed by atoms with E-state index in [1.807, 2.05) is 36.0 Å². The molecule has 0 aliphatic heterocycles. The van der Waals surface area contributed by atoms with E-state index >= 15 is 0 Å². The first-order valence-corrected chi connectivity index (χ1v) is 8.65. The second-order valence-corrected chi connectivity index (χ2v) is 7.09. The number of hydrogen-bond acceptors (Lipinski definition) is 2. The van der Waals surface area contributed by atoms with Gasteiger partial charge in [-0.1, -0.05) is 12.5 Å². The number of hydrogen-bond donors (Lipinski definition) is 1. The van der Waals surface area contributed by atoms with Crippen molar-refractivity contribution in [2.75, 3.05) is 6.26 Å². The summed E-state index contributed by atoms with van der Waals surface area (Å²) >= 11 is 4.16. The van der Waals surface area contributed by atoms with Gasteiger partial charge in [0.25, 0.3) is 5.91 Å². The average Bonchev–Trinajstić information content (AvgIpc) is 2.39. The molecule has 1 aliphatic carbocycles. The summed E-state index contributed by atoms with van der Waals surface area (Å²) in [6.07, 6.45) is 6.90. The number of halogens is 1. The van der Waals surface area contributed by atoms with Gasteiger partial charge in [0.15, 0.2) is 0 Å². The van der Waals surface area contributed by atoms with Crippen molar-refractivity contribution in [2.45, 2.75) is 37.0 Å². The molecule has 1 aliphatic rings. The molecule has 2 atom stereocenters. The van der Waals surface area contributed by atoms with Crippen molar-refractivity contribution in [3.63, 3.8) is 0 Å². The van der Waals surface area contributed by atoms with Gasteiger partial charge < -0.3 is 5.32 Å².